The molecule has 0 aliphatic heterocycles. The summed E-state index contributed by atoms with van der Waals surface area (Å²) >= 11 is 6.33. The number of benzene rings is 1. The lowest BCUT2D eigenvalue weighted by Gasteiger charge is -2.06. The molecule has 106 valence electrons. The Labute approximate surface area is 127 Å². The van der Waals surface area contributed by atoms with Gasteiger partial charge in [0.25, 0.3) is 0 Å². The summed E-state index contributed by atoms with van der Waals surface area (Å²) in [4.78, 5) is 11.5. The van der Waals surface area contributed by atoms with E-state index in [-0.39, 0.29) is 0 Å². The molecule has 0 spiro atoms. The molecule has 0 amide bonds. The lowest BCUT2D eigenvalue weighted by molar-refractivity contribution is 0.111. The van der Waals surface area contributed by atoms with Crippen LogP contribution in [0.2, 0.25) is 5.02 Å². The SMILES string of the molecule is COc1ccc(-c2cc3cc(C)ccn3c2C=O)c(Cl)c1. The van der Waals surface area contributed by atoms with Crippen LogP contribution >= 0.6 is 11.6 Å². The van der Waals surface area contributed by atoms with Gasteiger partial charge in [-0.15, -0.1) is 0 Å². The van der Waals surface area contributed by atoms with Crippen molar-refractivity contribution in [2.24, 2.45) is 0 Å². The second kappa shape index (κ2) is 5.26. The monoisotopic (exact) mass is 299 g/mol. The van der Waals surface area contributed by atoms with Gasteiger partial charge in [-0.3, -0.25) is 4.79 Å². The molecule has 0 aliphatic rings. The van der Waals surface area contributed by atoms with Crippen molar-refractivity contribution in [3.05, 3.63) is 58.9 Å². The number of aromatic nitrogens is 1. The first-order valence-corrected chi connectivity index (χ1v) is 6.92. The van der Waals surface area contributed by atoms with Gasteiger partial charge in [-0.1, -0.05) is 11.6 Å². The fourth-order valence-electron chi connectivity index (χ4n) is 2.49. The minimum absolute atomic E-state index is 0.560. The zero-order chi connectivity index (χ0) is 15.0. The number of methoxy groups -OCH3 is 1. The van der Waals surface area contributed by atoms with Crippen LogP contribution in [0.4, 0.5) is 0 Å². The van der Waals surface area contributed by atoms with Gasteiger partial charge in [-0.05, 0) is 48.9 Å². The third kappa shape index (κ3) is 2.30. The third-order valence-corrected chi connectivity index (χ3v) is 3.86. The first-order valence-electron chi connectivity index (χ1n) is 6.55. The molecular formula is C17H14ClNO2. The molecule has 0 atom stereocenters. The Morgan fingerprint density at radius 1 is 1.14 bits per heavy atom. The van der Waals surface area contributed by atoms with Crippen molar-refractivity contribution < 1.29 is 9.53 Å². The largest absolute Gasteiger partial charge is 0.497 e. The minimum Gasteiger partial charge on any atom is -0.497 e. The molecule has 2 aromatic heterocycles. The Bertz CT molecular complexity index is 836. The molecule has 0 aliphatic carbocycles. The second-order valence-electron chi connectivity index (χ2n) is 4.91. The van der Waals surface area contributed by atoms with Crippen LogP contribution in [0.1, 0.15) is 16.1 Å². The number of ether oxygens (including phenoxy) is 1. The summed E-state index contributed by atoms with van der Waals surface area (Å²) in [5, 5.41) is 0.560. The maximum atomic E-state index is 11.5. The van der Waals surface area contributed by atoms with Crippen molar-refractivity contribution in [1.29, 1.82) is 0 Å². The molecule has 0 saturated heterocycles. The van der Waals surface area contributed by atoms with Crippen molar-refractivity contribution in [2.75, 3.05) is 7.11 Å². The number of carbonyl (C=O) groups is 1. The van der Waals surface area contributed by atoms with Crippen molar-refractivity contribution in [3.8, 4) is 16.9 Å². The van der Waals surface area contributed by atoms with Crippen LogP contribution in [-0.4, -0.2) is 17.8 Å². The van der Waals surface area contributed by atoms with Gasteiger partial charge < -0.3 is 9.14 Å². The predicted octanol–water partition coefficient (Wildman–Crippen LogP) is 4.39. The summed E-state index contributed by atoms with van der Waals surface area (Å²) in [6.07, 6.45) is 2.76. The summed E-state index contributed by atoms with van der Waals surface area (Å²) in [5.41, 5.74) is 4.35. The van der Waals surface area contributed by atoms with E-state index in [1.165, 1.54) is 0 Å². The van der Waals surface area contributed by atoms with E-state index in [1.54, 1.807) is 13.2 Å². The number of aldehydes is 1. The molecule has 0 bridgehead atoms. The highest BCUT2D eigenvalue weighted by molar-refractivity contribution is 6.33. The number of hydrogen-bond donors (Lipinski definition) is 0. The van der Waals surface area contributed by atoms with Crippen LogP contribution < -0.4 is 4.74 Å². The molecule has 2 heterocycles. The first-order chi connectivity index (χ1) is 10.1. The standard InChI is InChI=1S/C17H14ClNO2/c1-11-5-6-19-12(7-11)8-15(17(19)10-20)14-4-3-13(21-2)9-16(14)18/h3-10H,1-2H3. The number of rotatable bonds is 3. The highest BCUT2D eigenvalue weighted by Gasteiger charge is 2.14. The lowest BCUT2D eigenvalue weighted by Crippen LogP contribution is -1.93. The van der Waals surface area contributed by atoms with E-state index >= 15 is 0 Å². The molecule has 0 saturated carbocycles. The summed E-state index contributed by atoms with van der Waals surface area (Å²) in [5.74, 6) is 0.691. The van der Waals surface area contributed by atoms with E-state index < -0.39 is 0 Å². The molecule has 0 radical (unpaired) electrons. The van der Waals surface area contributed by atoms with Crippen LogP contribution in [0.3, 0.4) is 0 Å². The molecular weight excluding hydrogens is 286 g/mol. The highest BCUT2D eigenvalue weighted by atomic mass is 35.5. The van der Waals surface area contributed by atoms with Gasteiger partial charge >= 0.3 is 0 Å². The smallest absolute Gasteiger partial charge is 0.167 e. The number of pyridine rings is 1. The predicted molar refractivity (Wildman–Crippen MR) is 84.5 cm³/mol. The second-order valence-corrected chi connectivity index (χ2v) is 5.31. The Balaban J connectivity index is 2.27. The summed E-state index contributed by atoms with van der Waals surface area (Å²) in [7, 11) is 1.59. The molecule has 0 N–H and O–H groups in total. The highest BCUT2D eigenvalue weighted by Crippen LogP contribution is 2.34. The van der Waals surface area contributed by atoms with Gasteiger partial charge in [0, 0.05) is 22.8 Å². The zero-order valence-electron chi connectivity index (χ0n) is 11.8. The average molecular weight is 300 g/mol. The normalized spacial score (nSPS) is 10.8. The van der Waals surface area contributed by atoms with Gasteiger partial charge in [0.2, 0.25) is 0 Å². The van der Waals surface area contributed by atoms with Crippen LogP contribution in [0, 0.1) is 6.92 Å². The van der Waals surface area contributed by atoms with Gasteiger partial charge in [0.1, 0.15) is 5.75 Å². The number of hydrogen-bond acceptors (Lipinski definition) is 2. The fourth-order valence-corrected chi connectivity index (χ4v) is 2.76. The van der Waals surface area contributed by atoms with Gasteiger partial charge in [-0.2, -0.15) is 0 Å². The topological polar surface area (TPSA) is 30.7 Å². The number of carbonyl (C=O) groups excluding carboxylic acids is 1. The number of nitrogens with zero attached hydrogens (tertiary/aromatic N) is 1. The quantitative estimate of drug-likeness (QED) is 0.672. The van der Waals surface area contributed by atoms with Crippen LogP contribution in [0.5, 0.6) is 5.75 Å². The fraction of sp³-hybridized carbons (Fsp3) is 0.118. The van der Waals surface area contributed by atoms with Crippen LogP contribution in [-0.2, 0) is 0 Å². The Hall–Kier alpha value is -2.26. The van der Waals surface area contributed by atoms with Crippen LogP contribution in [0.25, 0.3) is 16.6 Å². The summed E-state index contributed by atoms with van der Waals surface area (Å²) < 4.78 is 7.03. The van der Waals surface area contributed by atoms with E-state index in [0.717, 1.165) is 28.5 Å². The van der Waals surface area contributed by atoms with Gasteiger partial charge in [0.15, 0.2) is 6.29 Å². The zero-order valence-corrected chi connectivity index (χ0v) is 12.5. The third-order valence-electron chi connectivity index (χ3n) is 3.55. The average Bonchev–Trinajstić information content (AvgIpc) is 2.84. The van der Waals surface area contributed by atoms with Crippen molar-refractivity contribution in [2.45, 2.75) is 6.92 Å². The number of aryl methyl sites for hydroxylation is 1. The Morgan fingerprint density at radius 3 is 2.62 bits per heavy atom. The maximum absolute atomic E-state index is 11.5. The first kappa shape index (κ1) is 13.7. The van der Waals surface area contributed by atoms with Gasteiger partial charge in [-0.25, -0.2) is 0 Å². The van der Waals surface area contributed by atoms with Crippen LogP contribution in [0.15, 0.2) is 42.6 Å². The molecule has 0 unspecified atom stereocenters. The number of halogens is 1. The van der Waals surface area contributed by atoms with Crippen molar-refractivity contribution >= 4 is 23.4 Å². The number of fused-ring (bicyclic) bond motifs is 1. The van der Waals surface area contributed by atoms with E-state index in [2.05, 4.69) is 0 Å². The van der Waals surface area contributed by atoms with Crippen molar-refractivity contribution in [3.63, 3.8) is 0 Å². The lowest BCUT2D eigenvalue weighted by atomic mass is 10.1. The Kier molecular flexibility index (Phi) is 3.43. The molecule has 4 heteroatoms. The molecule has 1 aromatic carbocycles. The molecule has 3 nitrogen and oxygen atoms in total. The molecule has 21 heavy (non-hydrogen) atoms. The Morgan fingerprint density at radius 2 is 1.95 bits per heavy atom. The molecule has 0 fully saturated rings. The summed E-state index contributed by atoms with van der Waals surface area (Å²) in [6.45, 7) is 2.02. The summed E-state index contributed by atoms with van der Waals surface area (Å²) in [6, 6.07) is 11.4. The van der Waals surface area contributed by atoms with E-state index in [0.29, 0.717) is 16.5 Å². The van der Waals surface area contributed by atoms with E-state index in [9.17, 15) is 4.79 Å². The van der Waals surface area contributed by atoms with E-state index in [1.807, 2.05) is 47.9 Å². The molecule has 3 aromatic rings. The minimum atomic E-state index is 0.560. The van der Waals surface area contributed by atoms with E-state index in [4.69, 9.17) is 16.3 Å². The van der Waals surface area contributed by atoms with Gasteiger partial charge in [0.05, 0.1) is 17.8 Å². The van der Waals surface area contributed by atoms with Crippen molar-refractivity contribution in [1.82, 2.24) is 4.40 Å². The maximum Gasteiger partial charge on any atom is 0.167 e. The molecule has 3 rings (SSSR count).